The molecular weight excluding hydrogens is 326 g/mol. The first kappa shape index (κ1) is 17.1. The van der Waals surface area contributed by atoms with Gasteiger partial charge in [0.1, 0.15) is 0 Å². The second kappa shape index (κ2) is 7.51. The summed E-state index contributed by atoms with van der Waals surface area (Å²) in [5.74, 6) is 0. The Kier molecular flexibility index (Phi) is 4.76. The molecule has 0 radical (unpaired) electrons. The first-order valence-electron chi connectivity index (χ1n) is 9.30. The summed E-state index contributed by atoms with van der Waals surface area (Å²) in [7, 11) is 0. The Morgan fingerprint density at radius 2 is 1.07 bits per heavy atom. The van der Waals surface area contributed by atoms with Crippen LogP contribution in [0.1, 0.15) is 11.1 Å². The van der Waals surface area contributed by atoms with Crippen molar-refractivity contribution in [2.75, 3.05) is 4.90 Å². The van der Waals surface area contributed by atoms with Gasteiger partial charge in [-0.15, -0.1) is 0 Å². The van der Waals surface area contributed by atoms with E-state index in [2.05, 4.69) is 122 Å². The topological polar surface area (TPSA) is 3.24 Å². The van der Waals surface area contributed by atoms with Crippen molar-refractivity contribution < 1.29 is 0 Å². The van der Waals surface area contributed by atoms with Crippen LogP contribution in [0.5, 0.6) is 0 Å². The third kappa shape index (κ3) is 3.63. The average molecular weight is 349 g/mol. The molecule has 0 aromatic heterocycles. The normalized spacial score (nSPS) is 10.6. The molecule has 0 bridgehead atoms. The van der Waals surface area contributed by atoms with Crippen LogP contribution in [0.3, 0.4) is 0 Å². The summed E-state index contributed by atoms with van der Waals surface area (Å²) in [6, 6.07) is 36.6. The lowest BCUT2D eigenvalue weighted by molar-refractivity contribution is 1.27. The average Bonchev–Trinajstić information content (AvgIpc) is 2.72. The van der Waals surface area contributed by atoms with Crippen molar-refractivity contribution in [2.24, 2.45) is 0 Å². The minimum Gasteiger partial charge on any atom is -0.310 e. The zero-order valence-electron chi connectivity index (χ0n) is 15.8. The lowest BCUT2D eigenvalue weighted by atomic mass is 9.99. The lowest BCUT2D eigenvalue weighted by Crippen LogP contribution is -2.11. The minimum absolute atomic E-state index is 1.15. The highest BCUT2D eigenvalue weighted by Gasteiger charge is 2.16. The Bertz CT molecular complexity index is 1020. The maximum absolute atomic E-state index is 2.33. The molecule has 0 atom stereocenters. The van der Waals surface area contributed by atoms with Gasteiger partial charge >= 0.3 is 0 Å². The molecule has 0 saturated heterocycles. The Morgan fingerprint density at radius 3 is 1.74 bits per heavy atom. The predicted molar refractivity (Wildman–Crippen MR) is 116 cm³/mol. The van der Waals surface area contributed by atoms with Crippen molar-refractivity contribution >= 4 is 17.1 Å². The molecule has 1 heteroatoms. The van der Waals surface area contributed by atoms with Crippen molar-refractivity contribution in [3.63, 3.8) is 0 Å². The van der Waals surface area contributed by atoms with E-state index in [4.69, 9.17) is 0 Å². The van der Waals surface area contributed by atoms with Gasteiger partial charge in [0, 0.05) is 16.9 Å². The van der Waals surface area contributed by atoms with Crippen LogP contribution in [-0.4, -0.2) is 0 Å². The number of hydrogen-bond donors (Lipinski definition) is 0. The van der Waals surface area contributed by atoms with E-state index in [1.807, 2.05) is 0 Å². The molecule has 0 unspecified atom stereocenters. The molecule has 0 heterocycles. The summed E-state index contributed by atoms with van der Waals surface area (Å²) < 4.78 is 0. The molecule has 1 nitrogen and oxygen atoms in total. The van der Waals surface area contributed by atoms with Gasteiger partial charge < -0.3 is 4.90 Å². The first-order valence-corrected chi connectivity index (χ1v) is 9.30. The van der Waals surface area contributed by atoms with E-state index >= 15 is 0 Å². The summed E-state index contributed by atoms with van der Waals surface area (Å²) in [4.78, 5) is 2.33. The van der Waals surface area contributed by atoms with E-state index in [1.54, 1.807) is 0 Å². The third-order valence-corrected chi connectivity index (χ3v) is 4.78. The van der Waals surface area contributed by atoms with Gasteiger partial charge in [0.2, 0.25) is 0 Å². The van der Waals surface area contributed by atoms with Crippen LogP contribution in [0.2, 0.25) is 0 Å². The van der Waals surface area contributed by atoms with Crippen LogP contribution in [0.25, 0.3) is 11.1 Å². The van der Waals surface area contributed by atoms with Crippen LogP contribution < -0.4 is 4.90 Å². The molecule has 0 amide bonds. The number of para-hydroxylation sites is 1. The highest BCUT2D eigenvalue weighted by atomic mass is 15.1. The molecule has 0 aliphatic carbocycles. The SMILES string of the molecule is Cc1ccc(N(c2ccccc2)c2ccc(C)cc2-c2ccccc2)cc1. The van der Waals surface area contributed by atoms with Crippen molar-refractivity contribution in [2.45, 2.75) is 13.8 Å². The molecule has 0 spiro atoms. The van der Waals surface area contributed by atoms with E-state index in [1.165, 1.54) is 27.9 Å². The van der Waals surface area contributed by atoms with E-state index in [9.17, 15) is 0 Å². The zero-order chi connectivity index (χ0) is 18.6. The van der Waals surface area contributed by atoms with Crippen LogP contribution in [0.15, 0.2) is 103 Å². The second-order valence-electron chi connectivity index (χ2n) is 6.89. The molecule has 4 aromatic rings. The van der Waals surface area contributed by atoms with E-state index in [-0.39, 0.29) is 0 Å². The monoisotopic (exact) mass is 349 g/mol. The van der Waals surface area contributed by atoms with Crippen molar-refractivity contribution in [1.82, 2.24) is 0 Å². The number of anilines is 3. The van der Waals surface area contributed by atoms with E-state index < -0.39 is 0 Å². The van der Waals surface area contributed by atoms with Crippen LogP contribution in [0, 0.1) is 13.8 Å². The first-order chi connectivity index (χ1) is 13.2. The predicted octanol–water partition coefficient (Wildman–Crippen LogP) is 7.44. The maximum Gasteiger partial charge on any atom is 0.0540 e. The zero-order valence-corrected chi connectivity index (χ0v) is 15.8. The molecule has 0 aliphatic rings. The molecule has 0 fully saturated rings. The fourth-order valence-corrected chi connectivity index (χ4v) is 3.39. The van der Waals surface area contributed by atoms with Gasteiger partial charge in [-0.1, -0.05) is 77.9 Å². The quantitative estimate of drug-likeness (QED) is 0.370. The summed E-state index contributed by atoms with van der Waals surface area (Å²) in [6.45, 7) is 4.27. The molecule has 27 heavy (non-hydrogen) atoms. The summed E-state index contributed by atoms with van der Waals surface area (Å²) in [6.07, 6.45) is 0. The smallest absolute Gasteiger partial charge is 0.0540 e. The Morgan fingerprint density at radius 1 is 0.519 bits per heavy atom. The third-order valence-electron chi connectivity index (χ3n) is 4.78. The molecule has 0 N–H and O–H groups in total. The standard InChI is InChI=1S/C26H23N/c1-20-13-16-24(17-14-20)27(23-11-7-4-8-12-23)26-18-15-21(2)19-25(26)22-9-5-3-6-10-22/h3-19H,1-2H3. The van der Waals surface area contributed by atoms with Crippen LogP contribution in [0.4, 0.5) is 17.1 Å². The van der Waals surface area contributed by atoms with Crippen LogP contribution in [-0.2, 0) is 0 Å². The Balaban J connectivity index is 1.95. The molecule has 4 rings (SSSR count). The Hall–Kier alpha value is -3.32. The molecule has 0 saturated carbocycles. The molecular formula is C26H23N. The molecule has 0 aliphatic heterocycles. The molecule has 4 aromatic carbocycles. The fourth-order valence-electron chi connectivity index (χ4n) is 3.39. The largest absolute Gasteiger partial charge is 0.310 e. The maximum atomic E-state index is 2.33. The number of hydrogen-bond acceptors (Lipinski definition) is 1. The van der Waals surface area contributed by atoms with Gasteiger partial charge in [-0.05, 0) is 55.8 Å². The highest BCUT2D eigenvalue weighted by molar-refractivity contribution is 5.88. The van der Waals surface area contributed by atoms with E-state index in [0.717, 1.165) is 11.4 Å². The second-order valence-corrected chi connectivity index (χ2v) is 6.89. The number of benzene rings is 4. The number of nitrogens with zero attached hydrogens (tertiary/aromatic N) is 1. The van der Waals surface area contributed by atoms with Crippen molar-refractivity contribution in [1.29, 1.82) is 0 Å². The van der Waals surface area contributed by atoms with Crippen LogP contribution >= 0.6 is 0 Å². The van der Waals surface area contributed by atoms with Gasteiger partial charge in [0.15, 0.2) is 0 Å². The van der Waals surface area contributed by atoms with Gasteiger partial charge in [-0.2, -0.15) is 0 Å². The Labute approximate surface area is 161 Å². The van der Waals surface area contributed by atoms with E-state index in [0.29, 0.717) is 0 Å². The van der Waals surface area contributed by atoms with Gasteiger partial charge in [0.25, 0.3) is 0 Å². The highest BCUT2D eigenvalue weighted by Crippen LogP contribution is 2.40. The van der Waals surface area contributed by atoms with Gasteiger partial charge in [0.05, 0.1) is 5.69 Å². The number of rotatable bonds is 4. The number of aryl methyl sites for hydroxylation is 2. The summed E-state index contributed by atoms with van der Waals surface area (Å²) in [5.41, 5.74) is 8.48. The van der Waals surface area contributed by atoms with Crippen molar-refractivity contribution in [3.8, 4) is 11.1 Å². The lowest BCUT2D eigenvalue weighted by Gasteiger charge is -2.28. The molecule has 132 valence electrons. The van der Waals surface area contributed by atoms with Gasteiger partial charge in [-0.3, -0.25) is 0 Å². The fraction of sp³-hybridized carbons (Fsp3) is 0.0769. The van der Waals surface area contributed by atoms with Gasteiger partial charge in [-0.25, -0.2) is 0 Å². The minimum atomic E-state index is 1.15. The summed E-state index contributed by atoms with van der Waals surface area (Å²) >= 11 is 0. The van der Waals surface area contributed by atoms with Crippen molar-refractivity contribution in [3.05, 3.63) is 114 Å². The summed E-state index contributed by atoms with van der Waals surface area (Å²) in [5, 5.41) is 0.